The minimum absolute atomic E-state index is 0.315. The molecule has 4 nitrogen and oxygen atoms in total. The van der Waals surface area contributed by atoms with Crippen molar-refractivity contribution < 1.29 is 18.3 Å². The van der Waals surface area contributed by atoms with Gasteiger partial charge in [0.25, 0.3) is 0 Å². The Morgan fingerprint density at radius 2 is 2.22 bits per heavy atom. The third-order valence-corrected chi connectivity index (χ3v) is 3.97. The van der Waals surface area contributed by atoms with Gasteiger partial charge < -0.3 is 10.1 Å². The number of benzene rings is 1. The number of rotatable bonds is 8. The number of carbonyl (C=O) groups excluding carboxylic acids is 1. The van der Waals surface area contributed by atoms with Crippen molar-refractivity contribution >= 4 is 17.3 Å². The second-order valence-corrected chi connectivity index (χ2v) is 5.81. The molecule has 0 aliphatic carbocycles. The second-order valence-electron chi connectivity index (χ2n) is 4.86. The Hall–Kier alpha value is -1.86. The van der Waals surface area contributed by atoms with Crippen LogP contribution in [0.5, 0.6) is 0 Å². The van der Waals surface area contributed by atoms with Crippen LogP contribution in [0, 0.1) is 11.6 Å². The van der Waals surface area contributed by atoms with Crippen LogP contribution in [0.3, 0.4) is 0 Å². The van der Waals surface area contributed by atoms with Crippen LogP contribution >= 0.6 is 11.3 Å². The molecule has 1 aromatic heterocycles. The number of aromatic nitrogens is 1. The number of esters is 1. The summed E-state index contributed by atoms with van der Waals surface area (Å²) in [4.78, 5) is 15.7. The first-order chi connectivity index (χ1) is 11.1. The number of nitrogens with zero attached hydrogens (tertiary/aromatic N) is 1. The molecular weight excluding hydrogens is 322 g/mol. The fourth-order valence-electron chi connectivity index (χ4n) is 2.02. The fourth-order valence-corrected chi connectivity index (χ4v) is 2.76. The molecule has 0 radical (unpaired) electrons. The van der Waals surface area contributed by atoms with Crippen molar-refractivity contribution in [3.63, 3.8) is 0 Å². The second kappa shape index (κ2) is 8.69. The Morgan fingerprint density at radius 3 is 3.00 bits per heavy atom. The van der Waals surface area contributed by atoms with Crippen molar-refractivity contribution in [1.29, 1.82) is 0 Å². The van der Waals surface area contributed by atoms with Crippen molar-refractivity contribution in [1.82, 2.24) is 10.3 Å². The number of aryl methyl sites for hydroxylation is 1. The smallest absolute Gasteiger partial charge is 0.357 e. The third kappa shape index (κ3) is 5.37. The summed E-state index contributed by atoms with van der Waals surface area (Å²) in [6.07, 6.45) is 1.14. The van der Waals surface area contributed by atoms with Crippen LogP contribution in [0.25, 0.3) is 0 Å². The minimum atomic E-state index is -0.427. The van der Waals surface area contributed by atoms with E-state index in [9.17, 15) is 13.6 Å². The average molecular weight is 340 g/mol. The van der Waals surface area contributed by atoms with E-state index in [0.717, 1.165) is 17.1 Å². The summed E-state index contributed by atoms with van der Waals surface area (Å²) in [5.74, 6) is -1.23. The highest BCUT2D eigenvalue weighted by Crippen LogP contribution is 2.12. The Bertz CT molecular complexity index is 661. The van der Waals surface area contributed by atoms with E-state index in [2.05, 4.69) is 10.3 Å². The maximum absolute atomic E-state index is 13.4. The van der Waals surface area contributed by atoms with E-state index in [4.69, 9.17) is 4.74 Å². The molecule has 1 N–H and O–H groups in total. The molecule has 7 heteroatoms. The quantitative estimate of drug-likeness (QED) is 0.592. The zero-order chi connectivity index (χ0) is 16.7. The van der Waals surface area contributed by atoms with Gasteiger partial charge in [0.15, 0.2) is 5.69 Å². The summed E-state index contributed by atoms with van der Waals surface area (Å²) in [5.41, 5.74) is 0.695. The predicted octanol–water partition coefficient (Wildman–Crippen LogP) is 3.32. The van der Waals surface area contributed by atoms with Gasteiger partial charge in [-0.05, 0) is 50.1 Å². The molecular formula is C16H18F2N2O2S. The number of hydrogen-bond donors (Lipinski definition) is 1. The van der Waals surface area contributed by atoms with Crippen molar-refractivity contribution in [2.45, 2.75) is 26.3 Å². The number of nitrogens with one attached hydrogen (secondary N) is 1. The van der Waals surface area contributed by atoms with Crippen molar-refractivity contribution in [3.8, 4) is 0 Å². The lowest BCUT2D eigenvalue weighted by Gasteiger charge is -2.04. The standard InChI is InChI=1S/C16H18F2N2O2S/c1-2-22-16(21)14-10-23-15(20-14)9-19-7-3-4-11-8-12(17)5-6-13(11)18/h5-6,8,10,19H,2-4,7,9H2,1H3. The van der Waals surface area contributed by atoms with E-state index in [0.29, 0.717) is 43.8 Å². The fraction of sp³-hybridized carbons (Fsp3) is 0.375. The summed E-state index contributed by atoms with van der Waals surface area (Å²) in [6, 6.07) is 3.48. The highest BCUT2D eigenvalue weighted by molar-refractivity contribution is 7.09. The van der Waals surface area contributed by atoms with Crippen LogP contribution in [-0.4, -0.2) is 24.1 Å². The lowest BCUT2D eigenvalue weighted by Crippen LogP contribution is -2.15. The molecule has 124 valence electrons. The van der Waals surface area contributed by atoms with E-state index < -0.39 is 11.8 Å². The molecule has 0 atom stereocenters. The summed E-state index contributed by atoms with van der Waals surface area (Å²) in [6.45, 7) is 3.23. The van der Waals surface area contributed by atoms with E-state index in [1.807, 2.05) is 0 Å². The van der Waals surface area contributed by atoms with E-state index in [1.54, 1.807) is 12.3 Å². The molecule has 0 spiro atoms. The van der Waals surface area contributed by atoms with Gasteiger partial charge in [0.05, 0.1) is 6.61 Å². The predicted molar refractivity (Wildman–Crippen MR) is 84.5 cm³/mol. The van der Waals surface area contributed by atoms with Gasteiger partial charge in [-0.1, -0.05) is 0 Å². The SMILES string of the molecule is CCOC(=O)c1csc(CNCCCc2cc(F)ccc2F)n1. The Balaban J connectivity index is 1.71. The number of hydrogen-bond acceptors (Lipinski definition) is 5. The molecule has 0 unspecified atom stereocenters. The van der Waals surface area contributed by atoms with Gasteiger partial charge in [0, 0.05) is 11.9 Å². The van der Waals surface area contributed by atoms with Crippen LogP contribution in [0.4, 0.5) is 8.78 Å². The molecule has 1 aromatic carbocycles. The number of thiazole rings is 1. The minimum Gasteiger partial charge on any atom is -0.461 e. The highest BCUT2D eigenvalue weighted by Gasteiger charge is 2.11. The van der Waals surface area contributed by atoms with Crippen LogP contribution in [0.15, 0.2) is 23.6 Å². The molecule has 0 fully saturated rings. The van der Waals surface area contributed by atoms with Crippen LogP contribution in [0.1, 0.15) is 34.4 Å². The molecule has 0 saturated heterocycles. The zero-order valence-corrected chi connectivity index (χ0v) is 13.6. The normalized spacial score (nSPS) is 10.7. The summed E-state index contributed by atoms with van der Waals surface area (Å²) in [7, 11) is 0. The van der Waals surface area contributed by atoms with Crippen molar-refractivity contribution in [2.75, 3.05) is 13.2 Å². The maximum atomic E-state index is 13.4. The van der Waals surface area contributed by atoms with E-state index in [1.165, 1.54) is 17.4 Å². The number of halogens is 2. The Labute approximate surface area is 137 Å². The average Bonchev–Trinajstić information content (AvgIpc) is 2.99. The molecule has 2 rings (SSSR count). The molecule has 23 heavy (non-hydrogen) atoms. The molecule has 0 bridgehead atoms. The Kier molecular flexibility index (Phi) is 6.61. The molecule has 0 amide bonds. The van der Waals surface area contributed by atoms with Gasteiger partial charge in [-0.2, -0.15) is 0 Å². The first-order valence-corrected chi connectivity index (χ1v) is 8.24. The maximum Gasteiger partial charge on any atom is 0.357 e. The van der Waals surface area contributed by atoms with Gasteiger partial charge in [0.1, 0.15) is 16.6 Å². The van der Waals surface area contributed by atoms with Gasteiger partial charge in [-0.3, -0.25) is 0 Å². The van der Waals surface area contributed by atoms with Gasteiger partial charge in [0.2, 0.25) is 0 Å². The largest absolute Gasteiger partial charge is 0.461 e. The van der Waals surface area contributed by atoms with Crippen molar-refractivity contribution in [3.05, 3.63) is 51.5 Å². The van der Waals surface area contributed by atoms with E-state index in [-0.39, 0.29) is 5.82 Å². The first-order valence-electron chi connectivity index (χ1n) is 7.36. The monoisotopic (exact) mass is 340 g/mol. The Morgan fingerprint density at radius 1 is 1.39 bits per heavy atom. The first kappa shape index (κ1) is 17.5. The highest BCUT2D eigenvalue weighted by atomic mass is 32.1. The van der Waals surface area contributed by atoms with Crippen LogP contribution in [-0.2, 0) is 17.7 Å². The number of carbonyl (C=O) groups is 1. The van der Waals surface area contributed by atoms with Crippen LogP contribution in [0.2, 0.25) is 0 Å². The van der Waals surface area contributed by atoms with Gasteiger partial charge in [-0.25, -0.2) is 18.6 Å². The summed E-state index contributed by atoms with van der Waals surface area (Å²) in [5, 5.41) is 5.62. The molecule has 0 saturated carbocycles. The molecule has 1 heterocycles. The van der Waals surface area contributed by atoms with E-state index >= 15 is 0 Å². The number of ether oxygens (including phenoxy) is 1. The van der Waals surface area contributed by atoms with Gasteiger partial charge in [-0.15, -0.1) is 11.3 Å². The lowest BCUT2D eigenvalue weighted by atomic mass is 10.1. The summed E-state index contributed by atoms with van der Waals surface area (Å²) >= 11 is 1.38. The molecule has 2 aromatic rings. The topological polar surface area (TPSA) is 51.2 Å². The summed E-state index contributed by atoms with van der Waals surface area (Å²) < 4.78 is 31.4. The van der Waals surface area contributed by atoms with Gasteiger partial charge >= 0.3 is 5.97 Å². The third-order valence-electron chi connectivity index (χ3n) is 3.12. The van der Waals surface area contributed by atoms with Crippen molar-refractivity contribution in [2.24, 2.45) is 0 Å². The molecule has 0 aliphatic heterocycles. The molecule has 0 aliphatic rings. The lowest BCUT2D eigenvalue weighted by molar-refractivity contribution is 0.0520. The van der Waals surface area contributed by atoms with Crippen LogP contribution < -0.4 is 5.32 Å². The zero-order valence-electron chi connectivity index (χ0n) is 12.8.